The first-order valence-electron chi connectivity index (χ1n) is 5.20. The average Bonchev–Trinajstić information content (AvgIpc) is 2.35. The van der Waals surface area contributed by atoms with Gasteiger partial charge in [-0.3, -0.25) is 0 Å². The molecule has 1 heterocycles. The number of fused-ring (bicyclic) bond motifs is 1. The van der Waals surface area contributed by atoms with Crippen molar-refractivity contribution in [3.05, 3.63) is 36.0 Å². The number of benzene rings is 1. The minimum Gasteiger partial charge on any atom is -0.481 e. The molecule has 0 amide bonds. The number of pyridine rings is 1. The first kappa shape index (κ1) is 10.6. The number of ether oxygens (including phenoxy) is 1. The van der Waals surface area contributed by atoms with Crippen LogP contribution in [0.25, 0.3) is 10.8 Å². The third-order valence-corrected chi connectivity index (χ3v) is 2.54. The predicted molar refractivity (Wildman–Crippen MR) is 62.7 cm³/mol. The Hall–Kier alpha value is -1.90. The van der Waals surface area contributed by atoms with Gasteiger partial charge in [0.1, 0.15) is 6.29 Å². The molecule has 0 saturated carbocycles. The van der Waals surface area contributed by atoms with Gasteiger partial charge in [-0.1, -0.05) is 12.1 Å². The zero-order valence-electron chi connectivity index (χ0n) is 9.14. The summed E-state index contributed by atoms with van der Waals surface area (Å²) in [5.41, 5.74) is 1.16. The van der Waals surface area contributed by atoms with Gasteiger partial charge in [-0.2, -0.15) is 0 Å². The number of aldehydes is 1. The fraction of sp³-hybridized carbons (Fsp3) is 0.231. The smallest absolute Gasteiger partial charge is 0.221 e. The first-order chi connectivity index (χ1) is 7.85. The molecule has 3 heteroatoms. The predicted octanol–water partition coefficient (Wildman–Crippen LogP) is 2.37. The van der Waals surface area contributed by atoms with Gasteiger partial charge >= 0.3 is 0 Å². The highest BCUT2D eigenvalue weighted by Crippen LogP contribution is 2.23. The second kappa shape index (κ2) is 4.75. The molecule has 0 aliphatic carbocycles. The van der Waals surface area contributed by atoms with Crippen LogP contribution >= 0.6 is 0 Å². The van der Waals surface area contributed by atoms with Crippen LogP contribution in [0.5, 0.6) is 5.88 Å². The molecule has 82 valence electrons. The van der Waals surface area contributed by atoms with Gasteiger partial charge in [0.05, 0.1) is 7.11 Å². The summed E-state index contributed by atoms with van der Waals surface area (Å²) in [6.45, 7) is 0. The molecule has 0 bridgehead atoms. The Morgan fingerprint density at radius 2 is 2.25 bits per heavy atom. The van der Waals surface area contributed by atoms with Gasteiger partial charge in [-0.25, -0.2) is 4.98 Å². The van der Waals surface area contributed by atoms with Crippen LogP contribution in [-0.4, -0.2) is 18.4 Å². The number of aryl methyl sites for hydroxylation is 1. The number of methoxy groups -OCH3 is 1. The van der Waals surface area contributed by atoms with E-state index in [0.717, 1.165) is 29.0 Å². The lowest BCUT2D eigenvalue weighted by molar-refractivity contribution is -0.107. The van der Waals surface area contributed by atoms with Gasteiger partial charge in [0, 0.05) is 18.0 Å². The van der Waals surface area contributed by atoms with Crippen LogP contribution < -0.4 is 4.74 Å². The van der Waals surface area contributed by atoms with Gasteiger partial charge in [0.15, 0.2) is 0 Å². The molecule has 1 aromatic carbocycles. The highest BCUT2D eigenvalue weighted by atomic mass is 16.5. The topological polar surface area (TPSA) is 39.2 Å². The van der Waals surface area contributed by atoms with E-state index in [9.17, 15) is 4.79 Å². The summed E-state index contributed by atoms with van der Waals surface area (Å²) in [6.07, 6.45) is 4.01. The maximum absolute atomic E-state index is 10.3. The standard InChI is InChI=1S/C13H13NO2/c1-16-13-12-5-4-10(3-2-8-15)9-11(12)6-7-14-13/h4-9H,2-3H2,1H3. The Kier molecular flexibility index (Phi) is 3.15. The molecule has 3 nitrogen and oxygen atoms in total. The monoisotopic (exact) mass is 215 g/mol. The molecule has 2 rings (SSSR count). The minimum atomic E-state index is 0.563. The van der Waals surface area contributed by atoms with Gasteiger partial charge < -0.3 is 9.53 Å². The Labute approximate surface area is 94.1 Å². The number of aromatic nitrogens is 1. The molecule has 2 aromatic rings. The van der Waals surface area contributed by atoms with E-state index in [1.807, 2.05) is 18.2 Å². The summed E-state index contributed by atoms with van der Waals surface area (Å²) >= 11 is 0. The Bertz CT molecular complexity index is 508. The van der Waals surface area contributed by atoms with Crippen molar-refractivity contribution < 1.29 is 9.53 Å². The van der Waals surface area contributed by atoms with Crippen LogP contribution in [0, 0.1) is 0 Å². The number of carbonyl (C=O) groups is 1. The normalized spacial score (nSPS) is 10.3. The van der Waals surface area contributed by atoms with Crippen molar-refractivity contribution in [2.45, 2.75) is 12.8 Å². The number of hydrogen-bond donors (Lipinski definition) is 0. The number of nitrogens with zero attached hydrogens (tertiary/aromatic N) is 1. The van der Waals surface area contributed by atoms with Crippen LogP contribution in [-0.2, 0) is 11.2 Å². The minimum absolute atomic E-state index is 0.563. The van der Waals surface area contributed by atoms with E-state index in [-0.39, 0.29) is 0 Å². The zero-order valence-corrected chi connectivity index (χ0v) is 9.14. The second-order valence-corrected chi connectivity index (χ2v) is 3.58. The largest absolute Gasteiger partial charge is 0.481 e. The Morgan fingerprint density at radius 1 is 1.38 bits per heavy atom. The summed E-state index contributed by atoms with van der Waals surface area (Å²) < 4.78 is 5.18. The molecule has 0 unspecified atom stereocenters. The molecule has 0 aliphatic rings. The summed E-state index contributed by atoms with van der Waals surface area (Å²) in [6, 6.07) is 8.02. The third-order valence-electron chi connectivity index (χ3n) is 2.54. The fourth-order valence-electron chi connectivity index (χ4n) is 1.74. The van der Waals surface area contributed by atoms with Crippen molar-refractivity contribution in [1.29, 1.82) is 0 Å². The summed E-state index contributed by atoms with van der Waals surface area (Å²) in [7, 11) is 1.61. The quantitative estimate of drug-likeness (QED) is 0.735. The van der Waals surface area contributed by atoms with E-state index in [0.29, 0.717) is 12.3 Å². The van der Waals surface area contributed by atoms with Crippen molar-refractivity contribution in [3.63, 3.8) is 0 Å². The highest BCUT2D eigenvalue weighted by molar-refractivity contribution is 5.87. The number of rotatable bonds is 4. The second-order valence-electron chi connectivity index (χ2n) is 3.58. The summed E-state index contributed by atoms with van der Waals surface area (Å²) in [4.78, 5) is 14.5. The lowest BCUT2D eigenvalue weighted by atomic mass is 10.1. The van der Waals surface area contributed by atoms with E-state index in [1.165, 1.54) is 0 Å². The SMILES string of the molecule is COc1nccc2cc(CCC=O)ccc12. The molecule has 0 saturated heterocycles. The lowest BCUT2D eigenvalue weighted by Gasteiger charge is -2.05. The third kappa shape index (κ3) is 2.03. The van der Waals surface area contributed by atoms with Crippen molar-refractivity contribution >= 4 is 17.1 Å². The van der Waals surface area contributed by atoms with Crippen LogP contribution in [0.2, 0.25) is 0 Å². The molecular formula is C13H13NO2. The number of carbonyl (C=O) groups excluding carboxylic acids is 1. The maximum atomic E-state index is 10.3. The number of hydrogen-bond acceptors (Lipinski definition) is 3. The summed E-state index contributed by atoms with van der Waals surface area (Å²) in [5.74, 6) is 0.638. The van der Waals surface area contributed by atoms with Crippen LogP contribution in [0.15, 0.2) is 30.5 Å². The van der Waals surface area contributed by atoms with Crippen molar-refractivity contribution in [1.82, 2.24) is 4.98 Å². The molecule has 0 fully saturated rings. The van der Waals surface area contributed by atoms with Crippen LogP contribution in [0.3, 0.4) is 0 Å². The fourth-order valence-corrected chi connectivity index (χ4v) is 1.74. The maximum Gasteiger partial charge on any atom is 0.221 e. The molecule has 1 aromatic heterocycles. The molecule has 0 spiro atoms. The van der Waals surface area contributed by atoms with E-state index in [2.05, 4.69) is 11.1 Å². The van der Waals surface area contributed by atoms with Gasteiger partial charge in [0.2, 0.25) is 5.88 Å². The van der Waals surface area contributed by atoms with Gasteiger partial charge in [0.25, 0.3) is 0 Å². The molecule has 0 radical (unpaired) electrons. The average molecular weight is 215 g/mol. The molecule has 16 heavy (non-hydrogen) atoms. The van der Waals surface area contributed by atoms with Crippen LogP contribution in [0.4, 0.5) is 0 Å². The first-order valence-corrected chi connectivity index (χ1v) is 5.20. The van der Waals surface area contributed by atoms with E-state index in [4.69, 9.17) is 4.74 Å². The van der Waals surface area contributed by atoms with E-state index < -0.39 is 0 Å². The molecule has 0 N–H and O–H groups in total. The van der Waals surface area contributed by atoms with Crippen molar-refractivity contribution in [2.24, 2.45) is 0 Å². The van der Waals surface area contributed by atoms with Gasteiger partial charge in [-0.05, 0) is 29.5 Å². The van der Waals surface area contributed by atoms with Crippen LogP contribution in [0.1, 0.15) is 12.0 Å². The van der Waals surface area contributed by atoms with Crippen molar-refractivity contribution in [2.75, 3.05) is 7.11 Å². The Morgan fingerprint density at radius 3 is 3.00 bits per heavy atom. The summed E-state index contributed by atoms with van der Waals surface area (Å²) in [5, 5.41) is 2.09. The van der Waals surface area contributed by atoms with Crippen molar-refractivity contribution in [3.8, 4) is 5.88 Å². The van der Waals surface area contributed by atoms with E-state index in [1.54, 1.807) is 13.3 Å². The highest BCUT2D eigenvalue weighted by Gasteiger charge is 2.02. The zero-order chi connectivity index (χ0) is 11.4. The van der Waals surface area contributed by atoms with E-state index >= 15 is 0 Å². The molecule has 0 aliphatic heterocycles. The molecule has 0 atom stereocenters. The Balaban J connectivity index is 2.42. The molecular weight excluding hydrogens is 202 g/mol. The van der Waals surface area contributed by atoms with Gasteiger partial charge in [-0.15, -0.1) is 0 Å². The lowest BCUT2D eigenvalue weighted by Crippen LogP contribution is -1.90.